The van der Waals surface area contributed by atoms with Crippen molar-refractivity contribution in [1.82, 2.24) is 15.5 Å². The monoisotopic (exact) mass is 516 g/mol. The van der Waals surface area contributed by atoms with Gasteiger partial charge in [-0.2, -0.15) is 0 Å². The lowest BCUT2D eigenvalue weighted by Gasteiger charge is -2.42. The second kappa shape index (κ2) is 15.1. The van der Waals surface area contributed by atoms with Crippen LogP contribution in [0.5, 0.6) is 0 Å². The average Bonchev–Trinajstić information content (AvgIpc) is 2.75. The number of nitrogens with zero attached hydrogens (tertiary/aromatic N) is 1. The molecule has 0 aromatic rings. The second-order valence-electron chi connectivity index (χ2n) is 10.6. The average molecular weight is 517 g/mol. The van der Waals surface area contributed by atoms with E-state index in [0.717, 1.165) is 4.90 Å². The van der Waals surface area contributed by atoms with Crippen molar-refractivity contribution in [2.75, 3.05) is 0 Å². The van der Waals surface area contributed by atoms with Gasteiger partial charge in [-0.15, -0.1) is 0 Å². The Bertz CT molecular complexity index is 745. The van der Waals surface area contributed by atoms with E-state index >= 15 is 0 Å². The van der Waals surface area contributed by atoms with Crippen molar-refractivity contribution < 1.29 is 29.4 Å². The van der Waals surface area contributed by atoms with Crippen LogP contribution in [0.15, 0.2) is 0 Å². The van der Waals surface area contributed by atoms with Gasteiger partial charge in [-0.05, 0) is 52.4 Å². The van der Waals surface area contributed by atoms with Gasteiger partial charge in [-0.25, -0.2) is 0 Å². The fraction of sp³-hybridized carbons (Fsp3) is 0.833. The van der Waals surface area contributed by atoms with Crippen molar-refractivity contribution in [2.45, 2.75) is 117 Å². The molecular formula is C24H48N6O6. The van der Waals surface area contributed by atoms with Crippen LogP contribution in [0, 0.1) is 11.8 Å². The van der Waals surface area contributed by atoms with E-state index in [0.29, 0.717) is 6.42 Å². The first-order valence-electron chi connectivity index (χ1n) is 12.5. The van der Waals surface area contributed by atoms with Gasteiger partial charge in [-0.1, -0.05) is 27.7 Å². The third-order valence-electron chi connectivity index (χ3n) is 5.92. The Balaban J connectivity index is 6.15. The van der Waals surface area contributed by atoms with Crippen molar-refractivity contribution in [3.8, 4) is 0 Å². The summed E-state index contributed by atoms with van der Waals surface area (Å²) in [5.41, 5.74) is 16.8. The molecule has 12 heteroatoms. The highest BCUT2D eigenvalue weighted by Gasteiger charge is 2.42. The van der Waals surface area contributed by atoms with E-state index in [1.807, 2.05) is 27.7 Å². The SMILES string of the molecule is CC(C)C[C@H](NC(=O)[C@H](C)NC(=O)[C@H](C)N)[C@@H](O)C(O)[C@H](CC(C)C)N(C(=O)[C@H](C)N)[C@H](C)C(N)=O. The molecule has 0 aromatic carbocycles. The minimum atomic E-state index is -1.55. The predicted molar refractivity (Wildman–Crippen MR) is 137 cm³/mol. The number of hydrogen-bond acceptors (Lipinski definition) is 8. The zero-order valence-corrected chi connectivity index (χ0v) is 22.9. The number of rotatable bonds is 15. The van der Waals surface area contributed by atoms with Crippen LogP contribution in [-0.4, -0.2) is 87.2 Å². The van der Waals surface area contributed by atoms with Crippen LogP contribution >= 0.6 is 0 Å². The molecule has 1 unspecified atom stereocenters. The molecule has 0 aliphatic rings. The highest BCUT2D eigenvalue weighted by atomic mass is 16.3. The minimum absolute atomic E-state index is 0.0148. The van der Waals surface area contributed by atoms with E-state index in [4.69, 9.17) is 17.2 Å². The van der Waals surface area contributed by atoms with Crippen molar-refractivity contribution in [3.05, 3.63) is 0 Å². The summed E-state index contributed by atoms with van der Waals surface area (Å²) >= 11 is 0. The molecule has 0 aromatic heterocycles. The van der Waals surface area contributed by atoms with Crippen molar-refractivity contribution in [3.63, 3.8) is 0 Å². The summed E-state index contributed by atoms with van der Waals surface area (Å²) in [5, 5.41) is 27.8. The third-order valence-corrected chi connectivity index (χ3v) is 5.92. The Kier molecular flexibility index (Phi) is 14.1. The standard InChI is InChI=1S/C24H48N6O6/c1-11(2)9-17(29-23(35)15(7)28-22(34)13(5)25)19(31)20(32)18(10-12(3)4)30(16(8)21(27)33)24(36)14(6)26/h11-20,31-32H,9-10,25-26H2,1-8H3,(H2,27,33)(H,28,34)(H,29,35)/t13-,14-,15-,16+,17-,18-,19+,20?/m0/s1. The molecule has 0 saturated heterocycles. The van der Waals surface area contributed by atoms with E-state index in [-0.39, 0.29) is 18.3 Å². The Labute approximate surface area is 214 Å². The van der Waals surface area contributed by atoms with Crippen LogP contribution in [0.2, 0.25) is 0 Å². The first-order chi connectivity index (χ1) is 16.4. The third kappa shape index (κ3) is 10.4. The molecule has 36 heavy (non-hydrogen) atoms. The summed E-state index contributed by atoms with van der Waals surface area (Å²) in [4.78, 5) is 50.8. The highest BCUT2D eigenvalue weighted by molar-refractivity contribution is 5.89. The lowest BCUT2D eigenvalue weighted by Crippen LogP contribution is -2.63. The van der Waals surface area contributed by atoms with E-state index in [1.165, 1.54) is 27.7 Å². The normalized spacial score (nSPS) is 18.4. The summed E-state index contributed by atoms with van der Waals surface area (Å²) in [6.45, 7) is 13.3. The maximum absolute atomic E-state index is 13.0. The van der Waals surface area contributed by atoms with E-state index < -0.39 is 72.1 Å². The Hall–Kier alpha value is -2.28. The van der Waals surface area contributed by atoms with E-state index in [9.17, 15) is 29.4 Å². The maximum atomic E-state index is 13.0. The molecule has 0 bridgehead atoms. The Morgan fingerprint density at radius 1 is 0.750 bits per heavy atom. The van der Waals surface area contributed by atoms with Crippen molar-refractivity contribution in [2.24, 2.45) is 29.0 Å². The van der Waals surface area contributed by atoms with Gasteiger partial charge >= 0.3 is 0 Å². The largest absolute Gasteiger partial charge is 0.388 e. The summed E-state index contributed by atoms with van der Waals surface area (Å²) in [5.74, 6) is -2.50. The van der Waals surface area contributed by atoms with Gasteiger partial charge in [-0.3, -0.25) is 19.2 Å². The van der Waals surface area contributed by atoms with Gasteiger partial charge < -0.3 is 42.9 Å². The van der Waals surface area contributed by atoms with E-state index in [1.54, 1.807) is 0 Å². The number of carbonyl (C=O) groups excluding carboxylic acids is 4. The topological polar surface area (TPSA) is 214 Å². The number of nitrogens with one attached hydrogen (secondary N) is 2. The zero-order valence-electron chi connectivity index (χ0n) is 22.9. The number of aliphatic hydroxyl groups excluding tert-OH is 2. The molecule has 8 atom stereocenters. The van der Waals surface area contributed by atoms with Gasteiger partial charge in [0.05, 0.1) is 24.2 Å². The Morgan fingerprint density at radius 2 is 1.25 bits per heavy atom. The van der Waals surface area contributed by atoms with Gasteiger partial charge in [0, 0.05) is 0 Å². The predicted octanol–water partition coefficient (Wildman–Crippen LogP) is -1.44. The minimum Gasteiger partial charge on any atom is -0.388 e. The molecule has 10 N–H and O–H groups in total. The molecule has 0 spiro atoms. The van der Waals surface area contributed by atoms with Crippen LogP contribution in [0.1, 0.15) is 68.2 Å². The first-order valence-corrected chi connectivity index (χ1v) is 12.5. The number of aliphatic hydroxyl groups is 2. The molecular weight excluding hydrogens is 468 g/mol. The summed E-state index contributed by atoms with van der Waals surface area (Å²) in [6.07, 6.45) is -2.54. The molecule has 12 nitrogen and oxygen atoms in total. The van der Waals surface area contributed by atoms with Crippen LogP contribution in [0.25, 0.3) is 0 Å². The molecule has 0 radical (unpaired) electrons. The first kappa shape index (κ1) is 33.7. The fourth-order valence-corrected chi connectivity index (χ4v) is 3.89. The number of nitrogens with two attached hydrogens (primary N) is 3. The molecule has 0 fully saturated rings. The van der Waals surface area contributed by atoms with Crippen LogP contribution in [0.4, 0.5) is 0 Å². The van der Waals surface area contributed by atoms with E-state index in [2.05, 4.69) is 10.6 Å². The molecule has 0 heterocycles. The maximum Gasteiger partial charge on any atom is 0.242 e. The summed E-state index contributed by atoms with van der Waals surface area (Å²) in [6, 6.07) is -5.76. The summed E-state index contributed by atoms with van der Waals surface area (Å²) in [7, 11) is 0. The number of carbonyl (C=O) groups is 4. The molecule has 210 valence electrons. The number of amides is 4. The van der Waals surface area contributed by atoms with Crippen LogP contribution < -0.4 is 27.8 Å². The lowest BCUT2D eigenvalue weighted by atomic mass is 9.87. The number of primary amides is 1. The quantitative estimate of drug-likeness (QED) is 0.136. The molecule has 0 rings (SSSR count). The number of hydrogen-bond donors (Lipinski definition) is 7. The summed E-state index contributed by atoms with van der Waals surface area (Å²) < 4.78 is 0. The molecule has 0 aliphatic heterocycles. The van der Waals surface area contributed by atoms with Gasteiger partial charge in [0.2, 0.25) is 23.6 Å². The second-order valence-corrected chi connectivity index (χ2v) is 10.6. The Morgan fingerprint density at radius 3 is 1.64 bits per heavy atom. The van der Waals surface area contributed by atoms with Gasteiger partial charge in [0.25, 0.3) is 0 Å². The molecule has 0 saturated carbocycles. The van der Waals surface area contributed by atoms with Crippen LogP contribution in [0.3, 0.4) is 0 Å². The smallest absolute Gasteiger partial charge is 0.242 e. The van der Waals surface area contributed by atoms with Crippen molar-refractivity contribution in [1.29, 1.82) is 0 Å². The molecule has 0 aliphatic carbocycles. The molecule has 4 amide bonds. The van der Waals surface area contributed by atoms with Crippen molar-refractivity contribution >= 4 is 23.6 Å². The van der Waals surface area contributed by atoms with Crippen LogP contribution in [-0.2, 0) is 19.2 Å². The zero-order chi connectivity index (χ0) is 28.5. The fourth-order valence-electron chi connectivity index (χ4n) is 3.89. The lowest BCUT2D eigenvalue weighted by molar-refractivity contribution is -0.150. The van der Waals surface area contributed by atoms with Gasteiger partial charge in [0.15, 0.2) is 0 Å². The highest BCUT2D eigenvalue weighted by Crippen LogP contribution is 2.24. The van der Waals surface area contributed by atoms with Gasteiger partial charge in [0.1, 0.15) is 24.3 Å².